The summed E-state index contributed by atoms with van der Waals surface area (Å²) in [4.78, 5) is 75.4. The van der Waals surface area contributed by atoms with E-state index in [2.05, 4.69) is 41.9 Å². The zero-order chi connectivity index (χ0) is 37.7. The zero-order valence-electron chi connectivity index (χ0n) is 28.8. The van der Waals surface area contributed by atoms with Crippen LogP contribution in [0.4, 0.5) is 11.6 Å². The first-order valence-electron chi connectivity index (χ1n) is 13.6. The molecule has 2 aliphatic rings. The molecule has 0 saturated carbocycles. The number of nitrogens with zero attached hydrogens (tertiary/aromatic N) is 6. The van der Waals surface area contributed by atoms with Gasteiger partial charge >= 0.3 is 124 Å². The van der Waals surface area contributed by atoms with Gasteiger partial charge in [0.1, 0.15) is 54.3 Å². The summed E-state index contributed by atoms with van der Waals surface area (Å²) in [7, 11) is -25.5. The Balaban J connectivity index is 0.00000378. The first-order valence-corrected chi connectivity index (χ1v) is 19.4. The Labute approximate surface area is 395 Å². The normalized spacial score (nSPS) is 29.2. The van der Waals surface area contributed by atoms with E-state index in [4.69, 9.17) is 20.9 Å². The van der Waals surface area contributed by atoms with E-state index >= 15 is 0 Å². The summed E-state index contributed by atoms with van der Waals surface area (Å²) >= 11 is 0. The molecular formula is C19H24N8Na4O20P4. The van der Waals surface area contributed by atoms with Gasteiger partial charge in [0.15, 0.2) is 23.9 Å². The predicted octanol–water partition coefficient (Wildman–Crippen LogP) is -17.5. The molecule has 12 atom stereocenters. The third-order valence-electron chi connectivity index (χ3n) is 6.86. The first kappa shape index (κ1) is 54.4. The number of phosphoric acid groups is 4. The fraction of sp³-hybridized carbons (Fsp3) is 0.526. The van der Waals surface area contributed by atoms with Gasteiger partial charge in [-0.05, 0) is 6.07 Å². The molecule has 2 saturated heterocycles. The Kier molecular flexibility index (Phi) is 21.2. The van der Waals surface area contributed by atoms with E-state index < -0.39 is 99.3 Å². The van der Waals surface area contributed by atoms with Crippen LogP contribution in [-0.4, -0.2) is 99.3 Å². The Hall–Kier alpha value is 1.35. The number of hydrogen-bond acceptors (Lipinski definition) is 26. The van der Waals surface area contributed by atoms with Crippen molar-refractivity contribution in [3.05, 3.63) is 35.4 Å². The van der Waals surface area contributed by atoms with Crippen molar-refractivity contribution in [3.8, 4) is 0 Å². The van der Waals surface area contributed by atoms with E-state index in [1.54, 1.807) is 0 Å². The molecule has 0 amide bonds. The molecule has 8 N–H and O–H groups in total. The maximum atomic E-state index is 12.2. The van der Waals surface area contributed by atoms with Crippen LogP contribution in [0.5, 0.6) is 0 Å². The Morgan fingerprint density at radius 3 is 1.64 bits per heavy atom. The van der Waals surface area contributed by atoms with Crippen LogP contribution in [-0.2, 0) is 49.7 Å². The fourth-order valence-electron chi connectivity index (χ4n) is 4.64. The van der Waals surface area contributed by atoms with Crippen LogP contribution in [0.25, 0.3) is 11.2 Å². The van der Waals surface area contributed by atoms with Crippen LogP contribution in [0.15, 0.2) is 29.7 Å². The number of nitrogen functional groups attached to an aromatic ring is 2. The molecular weight excluding hydrogens is 876 g/mol. The van der Waals surface area contributed by atoms with Gasteiger partial charge < -0.3 is 70.0 Å². The third kappa shape index (κ3) is 13.7. The molecule has 4 unspecified atom stereocenters. The molecule has 2 aliphatic heterocycles. The minimum absolute atomic E-state index is 0. The predicted molar refractivity (Wildman–Crippen MR) is 150 cm³/mol. The van der Waals surface area contributed by atoms with Crippen molar-refractivity contribution in [2.45, 2.75) is 49.1 Å². The molecule has 2 fully saturated rings. The molecule has 0 radical (unpaired) electrons. The van der Waals surface area contributed by atoms with E-state index in [-0.39, 0.29) is 141 Å². The van der Waals surface area contributed by atoms with Crippen LogP contribution < -0.4 is 155 Å². The van der Waals surface area contributed by atoms with Gasteiger partial charge in [-0.15, -0.1) is 0 Å². The largest absolute Gasteiger partial charge is 1.00 e. The van der Waals surface area contributed by atoms with Crippen LogP contribution in [0.2, 0.25) is 0 Å². The summed E-state index contributed by atoms with van der Waals surface area (Å²) in [6.07, 6.45) is -10.8. The molecule has 5 heterocycles. The van der Waals surface area contributed by atoms with Crippen molar-refractivity contribution in [2.24, 2.45) is 0 Å². The summed E-state index contributed by atoms with van der Waals surface area (Å²) in [6.45, 7) is -2.52. The van der Waals surface area contributed by atoms with Crippen molar-refractivity contribution >= 4 is 54.1 Å². The van der Waals surface area contributed by atoms with Crippen LogP contribution in [0.1, 0.15) is 12.5 Å². The van der Waals surface area contributed by atoms with Gasteiger partial charge in [-0.2, -0.15) is 4.98 Å². The average molecular weight is 900 g/mol. The number of ether oxygens (including phenoxy) is 2. The van der Waals surface area contributed by atoms with Crippen molar-refractivity contribution in [1.82, 2.24) is 29.1 Å². The standard InChI is InChI=1S/C19H28N8O20P4.4Na/c20-9-1-2-26(19(32)25-9)17-13(30)11(28)7(43-17)3-41-48(33,34)45-50(37,38)47-51(39,40)46-49(35,36)42-4-8-12(29)14(31)18(44-8)27-6-24-10-15(21)22-5-23-16(10)27;;;;/h1-2,5-8,11-14,17-18,28-31H,3-4H2,(H,33,34)(H,35,36)(H,37,38)(H,39,40)(H2,20,25,32)(H2,21,22,23);;;;/q;4*+1/p-4/t7-,8-,11-,12-,13-,14-,17-,18-;;;;/m1..../s1. The van der Waals surface area contributed by atoms with Gasteiger partial charge in [0.2, 0.25) is 0 Å². The quantitative estimate of drug-likeness (QED) is 0.0646. The first-order chi connectivity index (χ1) is 23.6. The number of aromatic nitrogens is 6. The molecule has 284 valence electrons. The maximum absolute atomic E-state index is 12.2. The van der Waals surface area contributed by atoms with Crippen LogP contribution in [0, 0.1) is 0 Å². The number of fused-ring (bicyclic) bond motifs is 1. The molecule has 5 rings (SSSR count). The number of hydrogen-bond donors (Lipinski definition) is 6. The fourth-order valence-corrected chi connectivity index (χ4v) is 9.39. The molecule has 55 heavy (non-hydrogen) atoms. The Bertz CT molecular complexity index is 2040. The Morgan fingerprint density at radius 1 is 0.709 bits per heavy atom. The van der Waals surface area contributed by atoms with E-state index in [0.29, 0.717) is 4.57 Å². The molecule has 36 heteroatoms. The van der Waals surface area contributed by atoms with Crippen molar-refractivity contribution in [1.29, 1.82) is 0 Å². The SMILES string of the molecule is Nc1ccn([C@@H]2O[C@H](COP(=O)([O-])OP(=O)([O-])OP(=O)([O-])OP(=O)([O-])OC[C@H]3O[C@@H](n4cnc5c(N)ncnc54)[C@H](O)[C@@H]3O)[C@@H](O)[C@H]2O)c(=O)n1.[Na+].[Na+].[Na+].[Na+]. The number of rotatable bonds is 14. The monoisotopic (exact) mass is 900 g/mol. The maximum Gasteiger partial charge on any atom is 1.00 e. The Morgan fingerprint density at radius 2 is 1.16 bits per heavy atom. The van der Waals surface area contributed by atoms with Crippen molar-refractivity contribution < 1.29 is 208 Å². The second-order valence-corrected chi connectivity index (χ2v) is 16.4. The minimum atomic E-state index is -6.61. The van der Waals surface area contributed by atoms with E-state index in [0.717, 1.165) is 29.5 Å². The van der Waals surface area contributed by atoms with E-state index in [1.165, 1.54) is 0 Å². The summed E-state index contributed by atoms with van der Waals surface area (Å²) < 4.78 is 80.0. The third-order valence-corrected chi connectivity index (χ3v) is 12.6. The molecule has 28 nitrogen and oxygen atoms in total. The van der Waals surface area contributed by atoms with Gasteiger partial charge in [0.05, 0.1) is 19.5 Å². The molecule has 0 aromatic carbocycles. The number of phosphoric ester groups is 2. The van der Waals surface area contributed by atoms with Crippen molar-refractivity contribution in [2.75, 3.05) is 24.7 Å². The number of anilines is 2. The molecule has 3 aromatic rings. The molecule has 3 aromatic heterocycles. The number of nitrogens with two attached hydrogens (primary N) is 2. The van der Waals surface area contributed by atoms with Crippen molar-refractivity contribution in [3.63, 3.8) is 0 Å². The van der Waals surface area contributed by atoms with Gasteiger partial charge in [-0.3, -0.25) is 27.4 Å². The smallest absolute Gasteiger partial charge is 0.756 e. The van der Waals surface area contributed by atoms with Gasteiger partial charge in [-0.1, -0.05) is 0 Å². The van der Waals surface area contributed by atoms with Gasteiger partial charge in [0, 0.05) is 6.20 Å². The zero-order valence-corrected chi connectivity index (χ0v) is 40.4. The summed E-state index contributed by atoms with van der Waals surface area (Å²) in [5.41, 5.74) is 10.2. The van der Waals surface area contributed by atoms with E-state index in [9.17, 15) is 63.1 Å². The number of aliphatic hydroxyl groups is 4. The van der Waals surface area contributed by atoms with E-state index in [1.807, 2.05) is 0 Å². The topological polar surface area (TPSA) is 437 Å². The summed E-state index contributed by atoms with van der Waals surface area (Å²) in [5.74, 6) is -0.242. The second-order valence-electron chi connectivity index (χ2n) is 10.3. The number of aliphatic hydroxyl groups excluding tert-OH is 4. The molecule has 0 spiro atoms. The average Bonchev–Trinajstić information content (AvgIpc) is 3.64. The summed E-state index contributed by atoms with van der Waals surface area (Å²) in [6, 6.07) is 1.13. The van der Waals surface area contributed by atoms with Gasteiger partial charge in [-0.25, -0.2) is 32.7 Å². The summed E-state index contributed by atoms with van der Waals surface area (Å²) in [5, 5.41) is 41.1. The van der Waals surface area contributed by atoms with Crippen LogP contribution >= 0.6 is 31.3 Å². The minimum Gasteiger partial charge on any atom is -0.756 e. The van der Waals surface area contributed by atoms with Gasteiger partial charge in [0.25, 0.3) is 31.3 Å². The van der Waals surface area contributed by atoms with Crippen LogP contribution in [0.3, 0.4) is 0 Å². The molecule has 0 bridgehead atoms. The second kappa shape index (κ2) is 21.4. The number of imidazole rings is 1. The molecule has 0 aliphatic carbocycles.